The van der Waals surface area contributed by atoms with Crippen LogP contribution in [0.15, 0.2) is 18.2 Å². The van der Waals surface area contributed by atoms with Crippen LogP contribution in [0.3, 0.4) is 0 Å². The largest absolute Gasteiger partial charge is 0.326 e. The van der Waals surface area contributed by atoms with E-state index in [0.717, 1.165) is 31.5 Å². The second kappa shape index (κ2) is 7.11. The zero-order valence-electron chi connectivity index (χ0n) is 14.0. The van der Waals surface area contributed by atoms with Crippen molar-refractivity contribution in [1.29, 1.82) is 0 Å². The maximum absolute atomic E-state index is 12.2. The maximum Gasteiger partial charge on any atom is 0.235 e. The van der Waals surface area contributed by atoms with Crippen molar-refractivity contribution in [3.05, 3.63) is 23.8 Å². The molecule has 2 N–H and O–H groups in total. The predicted octanol–water partition coefficient (Wildman–Crippen LogP) is 1.86. The second-order valence-corrected chi connectivity index (χ2v) is 8.70. The number of hydrogen-bond acceptors (Lipinski definition) is 4. The summed E-state index contributed by atoms with van der Waals surface area (Å²) in [4.78, 5) is 12.2. The fourth-order valence-corrected chi connectivity index (χ4v) is 5.00. The van der Waals surface area contributed by atoms with Gasteiger partial charge in [0.25, 0.3) is 0 Å². The van der Waals surface area contributed by atoms with Gasteiger partial charge >= 0.3 is 0 Å². The molecule has 7 heteroatoms. The monoisotopic (exact) mass is 351 g/mol. The van der Waals surface area contributed by atoms with Gasteiger partial charge in [-0.3, -0.25) is 9.10 Å². The van der Waals surface area contributed by atoms with E-state index in [4.69, 9.17) is 0 Å². The average Bonchev–Trinajstić information content (AvgIpc) is 3.16. The Bertz CT molecular complexity index is 712. The summed E-state index contributed by atoms with van der Waals surface area (Å²) in [5.74, 6) is 0.762. The molecule has 2 heterocycles. The number of amides is 1. The lowest BCUT2D eigenvalue weighted by Gasteiger charge is -2.20. The summed E-state index contributed by atoms with van der Waals surface area (Å²) in [6, 6.07) is 5.46. The minimum atomic E-state index is -3.22. The molecular formula is C17H25N3O3S. The molecule has 0 radical (unpaired) electrons. The van der Waals surface area contributed by atoms with E-state index in [1.54, 1.807) is 6.07 Å². The Morgan fingerprint density at radius 3 is 2.92 bits per heavy atom. The van der Waals surface area contributed by atoms with Crippen molar-refractivity contribution in [1.82, 2.24) is 5.32 Å². The second-order valence-electron chi connectivity index (χ2n) is 6.69. The first kappa shape index (κ1) is 17.2. The van der Waals surface area contributed by atoms with Crippen LogP contribution in [-0.2, 0) is 14.8 Å². The number of nitrogens with zero attached hydrogens (tertiary/aromatic N) is 1. The van der Waals surface area contributed by atoms with Gasteiger partial charge in [-0.2, -0.15) is 0 Å². The summed E-state index contributed by atoms with van der Waals surface area (Å²) in [6.45, 7) is 4.43. The van der Waals surface area contributed by atoms with Gasteiger partial charge in [-0.1, -0.05) is 6.07 Å². The predicted molar refractivity (Wildman–Crippen MR) is 95.8 cm³/mol. The molecule has 132 valence electrons. The maximum atomic E-state index is 12.2. The minimum Gasteiger partial charge on any atom is -0.326 e. The highest BCUT2D eigenvalue weighted by molar-refractivity contribution is 7.93. The Morgan fingerprint density at radius 2 is 2.25 bits per heavy atom. The van der Waals surface area contributed by atoms with Crippen molar-refractivity contribution in [2.75, 3.05) is 35.0 Å². The highest BCUT2D eigenvalue weighted by Gasteiger charge is 2.29. The summed E-state index contributed by atoms with van der Waals surface area (Å²) < 4.78 is 25.7. The van der Waals surface area contributed by atoms with Crippen LogP contribution in [0.1, 0.15) is 31.2 Å². The molecule has 0 spiro atoms. The third kappa shape index (κ3) is 3.89. The molecule has 2 aliphatic rings. The Hall–Kier alpha value is -1.60. The molecule has 1 aromatic rings. The number of nitrogens with one attached hydrogen (secondary N) is 2. The zero-order valence-corrected chi connectivity index (χ0v) is 14.9. The van der Waals surface area contributed by atoms with Gasteiger partial charge in [-0.15, -0.1) is 0 Å². The molecule has 2 aliphatic heterocycles. The molecule has 3 rings (SSSR count). The van der Waals surface area contributed by atoms with E-state index >= 15 is 0 Å². The Kier molecular flexibility index (Phi) is 5.10. The smallest absolute Gasteiger partial charge is 0.235 e. The number of sulfonamides is 1. The molecule has 2 fully saturated rings. The van der Waals surface area contributed by atoms with Crippen LogP contribution in [0.4, 0.5) is 11.4 Å². The van der Waals surface area contributed by atoms with Crippen molar-refractivity contribution in [3.63, 3.8) is 0 Å². The Labute approximate surface area is 143 Å². The number of aryl methyl sites for hydroxylation is 1. The lowest BCUT2D eigenvalue weighted by atomic mass is 10.0. The number of hydrogen-bond donors (Lipinski definition) is 2. The summed E-state index contributed by atoms with van der Waals surface area (Å²) in [5, 5.41) is 6.21. The summed E-state index contributed by atoms with van der Waals surface area (Å²) >= 11 is 0. The van der Waals surface area contributed by atoms with E-state index < -0.39 is 10.0 Å². The molecule has 1 aromatic carbocycles. The van der Waals surface area contributed by atoms with Crippen molar-refractivity contribution in [2.24, 2.45) is 5.92 Å². The number of carbonyl (C=O) groups excluding carboxylic acids is 1. The van der Waals surface area contributed by atoms with E-state index in [1.807, 2.05) is 19.1 Å². The molecule has 2 saturated heterocycles. The Morgan fingerprint density at radius 1 is 1.42 bits per heavy atom. The Balaban J connectivity index is 1.66. The third-order valence-corrected chi connectivity index (χ3v) is 6.66. The molecule has 0 aromatic heterocycles. The number of rotatable bonds is 5. The van der Waals surface area contributed by atoms with Crippen LogP contribution in [0.2, 0.25) is 0 Å². The van der Waals surface area contributed by atoms with Gasteiger partial charge in [0.1, 0.15) is 0 Å². The van der Waals surface area contributed by atoms with Crippen LogP contribution < -0.4 is 14.9 Å². The molecule has 1 unspecified atom stereocenters. The van der Waals surface area contributed by atoms with E-state index in [1.165, 1.54) is 4.31 Å². The highest BCUT2D eigenvalue weighted by atomic mass is 32.2. The van der Waals surface area contributed by atoms with Crippen LogP contribution in [0, 0.1) is 12.8 Å². The van der Waals surface area contributed by atoms with E-state index in [2.05, 4.69) is 10.6 Å². The average molecular weight is 351 g/mol. The summed E-state index contributed by atoms with van der Waals surface area (Å²) in [6.07, 6.45) is 3.16. The first-order valence-corrected chi connectivity index (χ1v) is 10.2. The van der Waals surface area contributed by atoms with Gasteiger partial charge in [0.05, 0.1) is 11.4 Å². The van der Waals surface area contributed by atoms with E-state index in [9.17, 15) is 13.2 Å². The third-order valence-electron chi connectivity index (χ3n) is 4.80. The highest BCUT2D eigenvalue weighted by Crippen LogP contribution is 2.30. The quantitative estimate of drug-likeness (QED) is 0.849. The first-order chi connectivity index (χ1) is 11.5. The molecule has 0 saturated carbocycles. The number of carbonyl (C=O) groups is 1. The lowest BCUT2D eigenvalue weighted by Crippen LogP contribution is -2.26. The lowest BCUT2D eigenvalue weighted by molar-refractivity contribution is -0.116. The fourth-order valence-electron chi connectivity index (χ4n) is 3.39. The standard InChI is InChI=1S/C17H25N3O3S/c1-13-3-5-15(11-16(13)20-9-2-10-24(20,22)23)19-17(21)6-4-14-7-8-18-12-14/h3,5,11,14,18H,2,4,6-10,12H2,1H3,(H,19,21). The molecule has 24 heavy (non-hydrogen) atoms. The molecule has 0 bridgehead atoms. The normalized spacial score (nSPS) is 22.7. The number of benzene rings is 1. The van der Waals surface area contributed by atoms with Gasteiger partial charge in [0.15, 0.2) is 0 Å². The minimum absolute atomic E-state index is 0.0130. The van der Waals surface area contributed by atoms with Crippen molar-refractivity contribution >= 4 is 27.3 Å². The first-order valence-electron chi connectivity index (χ1n) is 8.57. The van der Waals surface area contributed by atoms with Gasteiger partial charge < -0.3 is 10.6 Å². The van der Waals surface area contributed by atoms with Crippen molar-refractivity contribution in [2.45, 2.75) is 32.6 Å². The van der Waals surface area contributed by atoms with Crippen molar-refractivity contribution in [3.8, 4) is 0 Å². The number of anilines is 2. The SMILES string of the molecule is Cc1ccc(NC(=O)CCC2CCNC2)cc1N1CCCS1(=O)=O. The molecule has 0 aliphatic carbocycles. The molecular weight excluding hydrogens is 326 g/mol. The van der Waals surface area contributed by atoms with Crippen LogP contribution in [-0.4, -0.2) is 39.7 Å². The zero-order chi connectivity index (χ0) is 17.2. The van der Waals surface area contributed by atoms with Gasteiger partial charge in [0.2, 0.25) is 15.9 Å². The van der Waals surface area contributed by atoms with Gasteiger partial charge in [-0.25, -0.2) is 8.42 Å². The summed E-state index contributed by atoms with van der Waals surface area (Å²) in [7, 11) is -3.22. The fraction of sp³-hybridized carbons (Fsp3) is 0.588. The van der Waals surface area contributed by atoms with E-state index in [-0.39, 0.29) is 11.7 Å². The molecule has 1 amide bonds. The van der Waals surface area contributed by atoms with Gasteiger partial charge in [-0.05, 0) is 62.9 Å². The van der Waals surface area contributed by atoms with Crippen LogP contribution >= 0.6 is 0 Å². The topological polar surface area (TPSA) is 78.5 Å². The van der Waals surface area contributed by atoms with Gasteiger partial charge in [0, 0.05) is 18.7 Å². The van der Waals surface area contributed by atoms with Crippen molar-refractivity contribution < 1.29 is 13.2 Å². The van der Waals surface area contributed by atoms with Crippen LogP contribution in [0.5, 0.6) is 0 Å². The van der Waals surface area contributed by atoms with E-state index in [0.29, 0.717) is 36.7 Å². The molecule has 1 atom stereocenters. The molecule has 6 nitrogen and oxygen atoms in total. The van der Waals surface area contributed by atoms with Crippen LogP contribution in [0.25, 0.3) is 0 Å². The summed E-state index contributed by atoms with van der Waals surface area (Å²) in [5.41, 5.74) is 2.23.